The molecule has 2 aromatic heterocycles. The topological polar surface area (TPSA) is 86.7 Å². The van der Waals surface area contributed by atoms with Gasteiger partial charge in [-0.2, -0.15) is 0 Å². The van der Waals surface area contributed by atoms with Crippen LogP contribution in [0.4, 0.5) is 23.1 Å². The van der Waals surface area contributed by atoms with E-state index in [4.69, 9.17) is 4.74 Å². The van der Waals surface area contributed by atoms with Crippen LogP contribution in [0.2, 0.25) is 0 Å². The van der Waals surface area contributed by atoms with Crippen molar-refractivity contribution in [2.75, 3.05) is 72.5 Å². The molecule has 0 bridgehead atoms. The molecule has 0 unspecified atom stereocenters. The lowest BCUT2D eigenvalue weighted by Gasteiger charge is -2.35. The number of anilines is 4. The third-order valence-corrected chi connectivity index (χ3v) is 5.97. The third kappa shape index (κ3) is 4.88. The van der Waals surface area contributed by atoms with Gasteiger partial charge in [-0.1, -0.05) is 18.2 Å². The molecule has 2 saturated heterocycles. The second-order valence-electron chi connectivity index (χ2n) is 8.01. The molecule has 0 aliphatic carbocycles. The van der Waals surface area contributed by atoms with Crippen LogP contribution in [0.5, 0.6) is 0 Å². The van der Waals surface area contributed by atoms with E-state index in [0.29, 0.717) is 24.6 Å². The Morgan fingerprint density at radius 1 is 0.758 bits per heavy atom. The van der Waals surface area contributed by atoms with Crippen molar-refractivity contribution < 1.29 is 9.53 Å². The molecule has 1 amide bonds. The van der Waals surface area contributed by atoms with E-state index in [1.54, 1.807) is 0 Å². The van der Waals surface area contributed by atoms with E-state index in [0.717, 1.165) is 56.6 Å². The molecule has 0 saturated carbocycles. The first-order chi connectivity index (χ1) is 16.3. The Hall–Kier alpha value is -3.72. The van der Waals surface area contributed by atoms with E-state index in [1.807, 2.05) is 60.8 Å². The number of hydrogen-bond donors (Lipinski definition) is 1. The minimum Gasteiger partial charge on any atom is -0.378 e. The van der Waals surface area contributed by atoms with Crippen molar-refractivity contribution >= 4 is 29.0 Å². The molecule has 3 aromatic rings. The minimum absolute atomic E-state index is 0.192. The minimum atomic E-state index is -0.192. The number of hydrogen-bond acceptors (Lipinski definition) is 8. The summed E-state index contributed by atoms with van der Waals surface area (Å²) >= 11 is 0. The van der Waals surface area contributed by atoms with E-state index < -0.39 is 0 Å². The smallest absolute Gasteiger partial charge is 0.258 e. The zero-order chi connectivity index (χ0) is 22.5. The summed E-state index contributed by atoms with van der Waals surface area (Å²) in [6, 6.07) is 17.3. The molecule has 0 radical (unpaired) electrons. The first kappa shape index (κ1) is 21.1. The van der Waals surface area contributed by atoms with Gasteiger partial charge in [-0.3, -0.25) is 4.79 Å². The van der Waals surface area contributed by atoms with E-state index in [-0.39, 0.29) is 5.91 Å². The summed E-state index contributed by atoms with van der Waals surface area (Å²) in [5, 5.41) is 11.5. The molecule has 2 aliphatic rings. The van der Waals surface area contributed by atoms with Gasteiger partial charge >= 0.3 is 0 Å². The van der Waals surface area contributed by atoms with Crippen LogP contribution in [0.1, 0.15) is 10.4 Å². The number of ether oxygens (including phenoxy) is 1. The Morgan fingerprint density at radius 2 is 1.48 bits per heavy atom. The second-order valence-corrected chi connectivity index (χ2v) is 8.01. The van der Waals surface area contributed by atoms with Gasteiger partial charge in [-0.05, 0) is 36.4 Å². The van der Waals surface area contributed by atoms with Crippen molar-refractivity contribution in [2.45, 2.75) is 0 Å². The number of pyridine rings is 1. The molecule has 1 aromatic carbocycles. The summed E-state index contributed by atoms with van der Waals surface area (Å²) in [6.07, 6.45) is 1.82. The highest BCUT2D eigenvalue weighted by Crippen LogP contribution is 2.23. The van der Waals surface area contributed by atoms with Crippen molar-refractivity contribution in [3.05, 3.63) is 66.4 Å². The number of morpholine rings is 1. The summed E-state index contributed by atoms with van der Waals surface area (Å²) in [7, 11) is 0. The van der Waals surface area contributed by atoms with Gasteiger partial charge in [-0.25, -0.2) is 4.98 Å². The van der Waals surface area contributed by atoms with Crippen LogP contribution in [-0.4, -0.2) is 73.6 Å². The average molecular weight is 446 g/mol. The molecule has 2 aliphatic heterocycles. The summed E-state index contributed by atoms with van der Waals surface area (Å²) in [5.74, 6) is 2.05. The SMILES string of the molecule is O=C(Nc1ccc(N2CCN(c3ccccn3)CC2)nn1)c1ccccc1N1CCOCC1. The van der Waals surface area contributed by atoms with Crippen LogP contribution >= 0.6 is 0 Å². The average Bonchev–Trinajstić information content (AvgIpc) is 2.90. The van der Waals surface area contributed by atoms with E-state index >= 15 is 0 Å². The first-order valence-corrected chi connectivity index (χ1v) is 11.3. The summed E-state index contributed by atoms with van der Waals surface area (Å²) in [5.41, 5.74) is 1.53. The molecule has 1 N–H and O–H groups in total. The van der Waals surface area contributed by atoms with Gasteiger partial charge in [-0.15, -0.1) is 10.2 Å². The van der Waals surface area contributed by atoms with Crippen LogP contribution in [0.15, 0.2) is 60.8 Å². The van der Waals surface area contributed by atoms with Gasteiger partial charge in [0.25, 0.3) is 5.91 Å². The predicted octanol–water partition coefficient (Wildman–Crippen LogP) is 2.29. The van der Waals surface area contributed by atoms with Crippen molar-refractivity contribution in [3.8, 4) is 0 Å². The summed E-state index contributed by atoms with van der Waals surface area (Å²) in [4.78, 5) is 24.1. The van der Waals surface area contributed by atoms with Crippen LogP contribution in [0, 0.1) is 0 Å². The highest BCUT2D eigenvalue weighted by molar-refractivity contribution is 6.07. The lowest BCUT2D eigenvalue weighted by Crippen LogP contribution is -2.47. The van der Waals surface area contributed by atoms with Crippen molar-refractivity contribution in [1.82, 2.24) is 15.2 Å². The highest BCUT2D eigenvalue weighted by atomic mass is 16.5. The summed E-state index contributed by atoms with van der Waals surface area (Å²) < 4.78 is 5.44. The number of nitrogens with one attached hydrogen (secondary N) is 1. The fourth-order valence-corrected chi connectivity index (χ4v) is 4.20. The molecular weight excluding hydrogens is 418 g/mol. The fraction of sp³-hybridized carbons (Fsp3) is 0.333. The molecule has 9 heteroatoms. The van der Waals surface area contributed by atoms with Crippen molar-refractivity contribution in [1.29, 1.82) is 0 Å². The first-order valence-electron chi connectivity index (χ1n) is 11.3. The van der Waals surface area contributed by atoms with E-state index in [9.17, 15) is 4.79 Å². The zero-order valence-corrected chi connectivity index (χ0v) is 18.4. The van der Waals surface area contributed by atoms with Gasteiger partial charge in [0.15, 0.2) is 11.6 Å². The standard InChI is InChI=1S/C24H27N7O2/c32-24(19-5-1-2-6-20(19)29-15-17-33-18-16-29)26-21-8-9-23(28-27-21)31-13-11-30(12-14-31)22-7-3-4-10-25-22/h1-10H,11-18H2,(H,26,27,32). The molecule has 4 heterocycles. The fourth-order valence-electron chi connectivity index (χ4n) is 4.20. The van der Waals surface area contributed by atoms with Crippen LogP contribution in [0.3, 0.4) is 0 Å². The number of nitrogens with zero attached hydrogens (tertiary/aromatic N) is 6. The molecular formula is C24H27N7O2. The quantitative estimate of drug-likeness (QED) is 0.640. The van der Waals surface area contributed by atoms with Gasteiger partial charge in [0.1, 0.15) is 5.82 Å². The molecule has 9 nitrogen and oxygen atoms in total. The predicted molar refractivity (Wildman–Crippen MR) is 128 cm³/mol. The zero-order valence-electron chi connectivity index (χ0n) is 18.4. The van der Waals surface area contributed by atoms with Crippen LogP contribution in [0.25, 0.3) is 0 Å². The molecule has 2 fully saturated rings. The van der Waals surface area contributed by atoms with Crippen LogP contribution < -0.4 is 20.0 Å². The van der Waals surface area contributed by atoms with Crippen LogP contribution in [-0.2, 0) is 4.74 Å². The second kappa shape index (κ2) is 9.83. The largest absolute Gasteiger partial charge is 0.378 e. The van der Waals surface area contributed by atoms with Gasteiger partial charge in [0.2, 0.25) is 0 Å². The number of amides is 1. The van der Waals surface area contributed by atoms with Crippen molar-refractivity contribution in [3.63, 3.8) is 0 Å². The number of carbonyl (C=O) groups excluding carboxylic acids is 1. The lowest BCUT2D eigenvalue weighted by atomic mass is 10.1. The number of benzene rings is 1. The Balaban J connectivity index is 1.21. The maximum absolute atomic E-state index is 13.0. The van der Waals surface area contributed by atoms with Gasteiger partial charge in [0.05, 0.1) is 18.8 Å². The van der Waals surface area contributed by atoms with Gasteiger partial charge < -0.3 is 24.8 Å². The molecule has 33 heavy (non-hydrogen) atoms. The van der Waals surface area contributed by atoms with E-state index in [2.05, 4.69) is 35.2 Å². The number of piperazine rings is 1. The number of para-hydroxylation sites is 1. The Morgan fingerprint density at radius 3 is 2.18 bits per heavy atom. The molecule has 0 spiro atoms. The Kier molecular flexibility index (Phi) is 6.30. The number of rotatable bonds is 5. The Bertz CT molecular complexity index is 1060. The normalized spacial score (nSPS) is 16.5. The highest BCUT2D eigenvalue weighted by Gasteiger charge is 2.21. The number of aromatic nitrogens is 3. The number of carbonyl (C=O) groups is 1. The maximum Gasteiger partial charge on any atom is 0.258 e. The monoisotopic (exact) mass is 445 g/mol. The van der Waals surface area contributed by atoms with Crippen molar-refractivity contribution in [2.24, 2.45) is 0 Å². The Labute approximate surface area is 193 Å². The lowest BCUT2D eigenvalue weighted by molar-refractivity contribution is 0.102. The molecule has 0 atom stereocenters. The van der Waals surface area contributed by atoms with Gasteiger partial charge in [0, 0.05) is 51.2 Å². The maximum atomic E-state index is 13.0. The molecule has 5 rings (SSSR count). The third-order valence-electron chi connectivity index (χ3n) is 5.97. The molecule has 170 valence electrons. The summed E-state index contributed by atoms with van der Waals surface area (Å²) in [6.45, 7) is 6.29. The van der Waals surface area contributed by atoms with E-state index in [1.165, 1.54) is 0 Å².